The highest BCUT2D eigenvalue weighted by Crippen LogP contribution is 2.55. The summed E-state index contributed by atoms with van der Waals surface area (Å²) < 4.78 is 80.7. The van der Waals surface area contributed by atoms with E-state index in [0.717, 1.165) is 39.0 Å². The predicted molar refractivity (Wildman–Crippen MR) is 138 cm³/mol. The lowest BCUT2D eigenvalue weighted by Crippen LogP contribution is -2.30. The number of carbonyl (C=O) groups is 2. The Kier molecular flexibility index (Phi) is 8.75. The summed E-state index contributed by atoms with van der Waals surface area (Å²) in [6, 6.07) is 11.0. The molecule has 0 amide bonds. The Hall–Kier alpha value is -3.17. The zero-order valence-corrected chi connectivity index (χ0v) is 22.1. The number of Topliss-reactive ketones (excluding diaryl/α,β-unsaturated/α-hetero) is 1. The van der Waals surface area contributed by atoms with E-state index in [4.69, 9.17) is 4.84 Å². The van der Waals surface area contributed by atoms with Gasteiger partial charge in [0.25, 0.3) is 0 Å². The summed E-state index contributed by atoms with van der Waals surface area (Å²) in [5, 5.41) is 3.82. The zero-order chi connectivity index (χ0) is 29.1. The first kappa shape index (κ1) is 29.8. The quantitative estimate of drug-likeness (QED) is 0.100. The molecule has 2 aliphatic carbocycles. The van der Waals surface area contributed by atoms with Gasteiger partial charge in [0, 0.05) is 30.7 Å². The maximum atomic E-state index is 13.7. The van der Waals surface area contributed by atoms with Crippen LogP contribution in [0.2, 0.25) is 0 Å². The molecule has 0 bridgehead atoms. The second kappa shape index (κ2) is 11.7. The van der Waals surface area contributed by atoms with Crippen molar-refractivity contribution in [2.75, 3.05) is 0 Å². The SMILES string of the molecule is CC(=O)O/N=C(\CC1CCCCC1)C(=O)c1ccc2c(c1)C(CCC(F)(F)F)(CCC(F)(F)F)c1ccccc1-2. The number of hydrogen-bond donors (Lipinski definition) is 0. The van der Waals surface area contributed by atoms with Gasteiger partial charge in [-0.05, 0) is 53.5 Å². The van der Waals surface area contributed by atoms with Gasteiger partial charge in [-0.2, -0.15) is 26.3 Å². The van der Waals surface area contributed by atoms with Crippen molar-refractivity contribution >= 4 is 17.5 Å². The summed E-state index contributed by atoms with van der Waals surface area (Å²) in [5.41, 5.74) is 0.199. The first-order valence-corrected chi connectivity index (χ1v) is 13.5. The summed E-state index contributed by atoms with van der Waals surface area (Å²) >= 11 is 0. The fraction of sp³-hybridized carbons (Fsp3) is 0.500. The molecule has 0 radical (unpaired) electrons. The Morgan fingerprint density at radius 3 is 2.08 bits per heavy atom. The molecule has 0 spiro atoms. The van der Waals surface area contributed by atoms with Crippen molar-refractivity contribution in [3.63, 3.8) is 0 Å². The normalized spacial score (nSPS) is 17.3. The van der Waals surface area contributed by atoms with Crippen LogP contribution in [0.25, 0.3) is 11.1 Å². The zero-order valence-electron chi connectivity index (χ0n) is 22.1. The average Bonchev–Trinajstić information content (AvgIpc) is 3.17. The number of fused-ring (bicyclic) bond motifs is 3. The molecule has 0 N–H and O–H groups in total. The molecule has 40 heavy (non-hydrogen) atoms. The summed E-state index contributed by atoms with van der Waals surface area (Å²) in [5.74, 6) is -1.12. The van der Waals surface area contributed by atoms with Gasteiger partial charge in [-0.1, -0.05) is 73.7 Å². The molecule has 1 saturated carbocycles. The van der Waals surface area contributed by atoms with E-state index in [1.807, 2.05) is 0 Å². The number of benzene rings is 2. The fourth-order valence-corrected chi connectivity index (χ4v) is 6.09. The van der Waals surface area contributed by atoms with E-state index in [1.54, 1.807) is 30.3 Å². The van der Waals surface area contributed by atoms with Gasteiger partial charge in [-0.15, -0.1) is 0 Å². The van der Waals surface area contributed by atoms with Crippen LogP contribution in [0.4, 0.5) is 26.3 Å². The highest BCUT2D eigenvalue weighted by Gasteiger charge is 2.47. The first-order valence-electron chi connectivity index (χ1n) is 13.5. The lowest BCUT2D eigenvalue weighted by Gasteiger charge is -2.33. The van der Waals surface area contributed by atoms with E-state index in [0.29, 0.717) is 16.7 Å². The molecule has 4 nitrogen and oxygen atoms in total. The Bertz CT molecular complexity index is 1260. The van der Waals surface area contributed by atoms with Crippen LogP contribution in [-0.4, -0.2) is 29.8 Å². The number of nitrogens with zero attached hydrogens (tertiary/aromatic N) is 1. The number of hydrogen-bond acceptors (Lipinski definition) is 4. The predicted octanol–water partition coefficient (Wildman–Crippen LogP) is 8.71. The minimum atomic E-state index is -4.58. The van der Waals surface area contributed by atoms with Gasteiger partial charge in [-0.3, -0.25) is 4.79 Å². The molecule has 4 rings (SSSR count). The minimum Gasteiger partial charge on any atom is -0.318 e. The third kappa shape index (κ3) is 6.93. The molecule has 0 atom stereocenters. The number of carbonyl (C=O) groups excluding carboxylic acids is 2. The highest BCUT2D eigenvalue weighted by atomic mass is 19.4. The molecule has 0 aromatic heterocycles. The lowest BCUT2D eigenvalue weighted by atomic mass is 9.70. The van der Waals surface area contributed by atoms with E-state index >= 15 is 0 Å². The number of rotatable bonds is 9. The van der Waals surface area contributed by atoms with Crippen LogP contribution < -0.4 is 0 Å². The van der Waals surface area contributed by atoms with Crippen LogP contribution in [0.5, 0.6) is 0 Å². The molecule has 2 aromatic carbocycles. The van der Waals surface area contributed by atoms with Crippen molar-refractivity contribution in [1.82, 2.24) is 0 Å². The summed E-state index contributed by atoms with van der Waals surface area (Å²) in [4.78, 5) is 29.9. The maximum absolute atomic E-state index is 13.7. The molecule has 2 aliphatic rings. The third-order valence-corrected chi connectivity index (χ3v) is 7.95. The van der Waals surface area contributed by atoms with Crippen molar-refractivity contribution in [2.45, 2.75) is 88.9 Å². The molecular formula is C30H31F6NO3. The number of ketones is 1. The Balaban J connectivity index is 1.79. The maximum Gasteiger partial charge on any atom is 0.389 e. The van der Waals surface area contributed by atoms with Crippen molar-refractivity contribution in [2.24, 2.45) is 11.1 Å². The smallest absolute Gasteiger partial charge is 0.318 e. The Labute approximate surface area is 228 Å². The van der Waals surface area contributed by atoms with E-state index in [-0.39, 0.29) is 29.2 Å². The molecule has 0 saturated heterocycles. The van der Waals surface area contributed by atoms with Crippen LogP contribution in [-0.2, 0) is 15.0 Å². The Morgan fingerprint density at radius 1 is 0.875 bits per heavy atom. The van der Waals surface area contributed by atoms with Gasteiger partial charge in [-0.25, -0.2) is 4.79 Å². The van der Waals surface area contributed by atoms with Crippen LogP contribution in [0, 0.1) is 5.92 Å². The molecule has 0 aliphatic heterocycles. The van der Waals surface area contributed by atoms with Crippen LogP contribution in [0.15, 0.2) is 47.6 Å². The molecule has 10 heteroatoms. The number of alkyl halides is 6. The minimum absolute atomic E-state index is 0.00810. The van der Waals surface area contributed by atoms with E-state index in [9.17, 15) is 35.9 Å². The topological polar surface area (TPSA) is 55.7 Å². The van der Waals surface area contributed by atoms with E-state index < -0.39 is 55.2 Å². The fourth-order valence-electron chi connectivity index (χ4n) is 6.09. The van der Waals surface area contributed by atoms with Gasteiger partial charge < -0.3 is 4.84 Å². The van der Waals surface area contributed by atoms with Gasteiger partial charge in [0.05, 0.1) is 0 Å². The molecule has 216 valence electrons. The van der Waals surface area contributed by atoms with Crippen LogP contribution in [0.3, 0.4) is 0 Å². The summed E-state index contributed by atoms with van der Waals surface area (Å²) in [6.07, 6.45) is -7.81. The largest absolute Gasteiger partial charge is 0.389 e. The number of halogens is 6. The summed E-state index contributed by atoms with van der Waals surface area (Å²) in [6.45, 7) is 1.15. The van der Waals surface area contributed by atoms with E-state index in [2.05, 4.69) is 5.16 Å². The molecular weight excluding hydrogens is 536 g/mol. The van der Waals surface area contributed by atoms with Gasteiger partial charge in [0.1, 0.15) is 5.71 Å². The van der Waals surface area contributed by atoms with Crippen LogP contribution in [0.1, 0.15) is 92.6 Å². The molecule has 0 heterocycles. The van der Waals surface area contributed by atoms with Crippen molar-refractivity contribution in [3.05, 3.63) is 59.2 Å². The lowest BCUT2D eigenvalue weighted by molar-refractivity contribution is -0.144. The molecule has 1 fully saturated rings. The van der Waals surface area contributed by atoms with Gasteiger partial charge >= 0.3 is 18.3 Å². The second-order valence-electron chi connectivity index (χ2n) is 10.8. The Morgan fingerprint density at radius 2 is 1.48 bits per heavy atom. The third-order valence-electron chi connectivity index (χ3n) is 7.95. The highest BCUT2D eigenvalue weighted by molar-refractivity contribution is 6.46. The number of oxime groups is 1. The summed E-state index contributed by atoms with van der Waals surface area (Å²) in [7, 11) is 0. The van der Waals surface area contributed by atoms with Crippen molar-refractivity contribution < 1.29 is 40.8 Å². The van der Waals surface area contributed by atoms with Crippen molar-refractivity contribution in [3.8, 4) is 11.1 Å². The van der Waals surface area contributed by atoms with Crippen molar-refractivity contribution in [1.29, 1.82) is 0 Å². The molecule has 0 unspecified atom stereocenters. The van der Waals surface area contributed by atoms with Gasteiger partial charge in [0.2, 0.25) is 5.78 Å². The monoisotopic (exact) mass is 567 g/mol. The molecule has 2 aromatic rings. The van der Waals surface area contributed by atoms with Gasteiger partial charge in [0.15, 0.2) is 0 Å². The van der Waals surface area contributed by atoms with Crippen LogP contribution >= 0.6 is 0 Å². The first-order chi connectivity index (χ1) is 18.8. The second-order valence-corrected chi connectivity index (χ2v) is 10.8. The standard InChI is InChI=1S/C30H31F6NO3/c1-19(38)40-37-26(17-20-7-3-2-4-8-20)27(39)21-11-12-23-22-9-5-6-10-24(22)28(25(23)18-21,13-15-29(31,32)33)14-16-30(34,35)36/h5-6,9-12,18,20H,2-4,7-8,13-17H2,1H3/b37-26+. The average molecular weight is 568 g/mol. The van der Waals surface area contributed by atoms with E-state index in [1.165, 1.54) is 12.1 Å².